The van der Waals surface area contributed by atoms with Crippen LogP contribution in [0.4, 0.5) is 11.8 Å². The van der Waals surface area contributed by atoms with E-state index in [1.807, 2.05) is 19.1 Å². The van der Waals surface area contributed by atoms with Gasteiger partial charge in [0.2, 0.25) is 5.95 Å². The molecule has 3 rings (SSSR count). The fourth-order valence-electron chi connectivity index (χ4n) is 2.80. The van der Waals surface area contributed by atoms with Crippen molar-refractivity contribution in [2.45, 2.75) is 13.3 Å². The van der Waals surface area contributed by atoms with Crippen molar-refractivity contribution in [3.8, 4) is 0 Å². The van der Waals surface area contributed by atoms with Gasteiger partial charge in [0.15, 0.2) is 0 Å². The van der Waals surface area contributed by atoms with Crippen LogP contribution in [-0.4, -0.2) is 54.6 Å². The Labute approximate surface area is 148 Å². The van der Waals surface area contributed by atoms with Crippen LogP contribution < -0.4 is 10.2 Å². The summed E-state index contributed by atoms with van der Waals surface area (Å²) < 4.78 is 0. The molecule has 2 aromatic rings. The summed E-state index contributed by atoms with van der Waals surface area (Å²) in [5.74, 6) is 1.72. The molecule has 24 heavy (non-hydrogen) atoms. The number of benzene rings is 1. The largest absolute Gasteiger partial charge is 0.354 e. The molecule has 6 heteroatoms. The fourth-order valence-corrected chi connectivity index (χ4v) is 2.92. The molecule has 1 saturated heterocycles. The molecule has 1 aliphatic rings. The second-order valence-electron chi connectivity index (χ2n) is 6.28. The van der Waals surface area contributed by atoms with Crippen molar-refractivity contribution in [1.82, 2.24) is 14.9 Å². The number of anilines is 2. The lowest BCUT2D eigenvalue weighted by atomic mass is 10.1. The maximum absolute atomic E-state index is 5.92. The molecule has 0 atom stereocenters. The van der Waals surface area contributed by atoms with E-state index in [9.17, 15) is 0 Å². The first-order valence-electron chi connectivity index (χ1n) is 8.37. The van der Waals surface area contributed by atoms with Crippen LogP contribution in [0.3, 0.4) is 0 Å². The minimum atomic E-state index is 0.706. The van der Waals surface area contributed by atoms with Gasteiger partial charge in [-0.3, -0.25) is 0 Å². The Morgan fingerprint density at radius 3 is 2.50 bits per heavy atom. The smallest absolute Gasteiger partial charge is 0.224 e. The molecule has 2 heterocycles. The number of piperazine rings is 1. The summed E-state index contributed by atoms with van der Waals surface area (Å²) in [6.07, 6.45) is 0.915. The molecule has 128 valence electrons. The Kier molecular flexibility index (Phi) is 5.53. The van der Waals surface area contributed by atoms with Crippen molar-refractivity contribution >= 4 is 23.4 Å². The molecular formula is C18H24ClN5. The molecule has 0 amide bonds. The number of nitrogens with one attached hydrogen (secondary N) is 1. The third-order valence-electron chi connectivity index (χ3n) is 4.28. The van der Waals surface area contributed by atoms with Gasteiger partial charge < -0.3 is 15.1 Å². The quantitative estimate of drug-likeness (QED) is 0.902. The van der Waals surface area contributed by atoms with E-state index in [1.54, 1.807) is 0 Å². The lowest BCUT2D eigenvalue weighted by Gasteiger charge is -2.33. The molecule has 1 aromatic heterocycles. The van der Waals surface area contributed by atoms with Crippen molar-refractivity contribution < 1.29 is 0 Å². The Morgan fingerprint density at radius 1 is 1.08 bits per heavy atom. The van der Waals surface area contributed by atoms with Crippen LogP contribution >= 0.6 is 11.6 Å². The molecule has 0 bridgehead atoms. The van der Waals surface area contributed by atoms with Crippen LogP contribution in [0, 0.1) is 6.92 Å². The zero-order valence-electron chi connectivity index (χ0n) is 14.3. The Balaban J connectivity index is 1.60. The summed E-state index contributed by atoms with van der Waals surface area (Å²) in [6, 6.07) is 10.0. The minimum absolute atomic E-state index is 0.706. The summed E-state index contributed by atoms with van der Waals surface area (Å²) in [7, 11) is 2.16. The van der Waals surface area contributed by atoms with Crippen molar-refractivity contribution in [2.24, 2.45) is 0 Å². The number of aryl methyl sites for hydroxylation is 1. The third-order valence-corrected chi connectivity index (χ3v) is 4.53. The van der Waals surface area contributed by atoms with Crippen molar-refractivity contribution in [2.75, 3.05) is 50.0 Å². The van der Waals surface area contributed by atoms with Gasteiger partial charge in [0.05, 0.1) is 0 Å². The molecule has 1 N–H and O–H groups in total. The lowest BCUT2D eigenvalue weighted by molar-refractivity contribution is 0.312. The highest BCUT2D eigenvalue weighted by molar-refractivity contribution is 6.30. The maximum Gasteiger partial charge on any atom is 0.224 e. The molecule has 0 aliphatic carbocycles. The van der Waals surface area contributed by atoms with E-state index in [0.717, 1.165) is 55.7 Å². The predicted molar refractivity (Wildman–Crippen MR) is 100 cm³/mol. The lowest BCUT2D eigenvalue weighted by Crippen LogP contribution is -2.44. The summed E-state index contributed by atoms with van der Waals surface area (Å²) in [6.45, 7) is 6.98. The standard InChI is InChI=1S/C18H24ClN5/c1-14-13-17(24-11-9-23(2)10-12-24)22-18(21-14)20-8-7-15-3-5-16(19)6-4-15/h3-6,13H,7-12H2,1-2H3,(H,20,21,22). The van der Waals surface area contributed by atoms with Gasteiger partial charge in [-0.2, -0.15) is 4.98 Å². The van der Waals surface area contributed by atoms with E-state index < -0.39 is 0 Å². The minimum Gasteiger partial charge on any atom is -0.354 e. The van der Waals surface area contributed by atoms with Crippen LogP contribution in [0.1, 0.15) is 11.3 Å². The average molecular weight is 346 g/mol. The van der Waals surface area contributed by atoms with E-state index in [1.165, 1.54) is 5.56 Å². The average Bonchev–Trinajstić information content (AvgIpc) is 2.57. The van der Waals surface area contributed by atoms with Gasteiger partial charge in [-0.25, -0.2) is 4.98 Å². The van der Waals surface area contributed by atoms with Crippen LogP contribution in [0.5, 0.6) is 0 Å². The highest BCUT2D eigenvalue weighted by Crippen LogP contribution is 2.17. The van der Waals surface area contributed by atoms with Gasteiger partial charge in [0.25, 0.3) is 0 Å². The van der Waals surface area contributed by atoms with E-state index >= 15 is 0 Å². The highest BCUT2D eigenvalue weighted by atomic mass is 35.5. The number of rotatable bonds is 5. The van der Waals surface area contributed by atoms with E-state index in [4.69, 9.17) is 16.6 Å². The molecule has 0 radical (unpaired) electrons. The second kappa shape index (κ2) is 7.81. The van der Waals surface area contributed by atoms with E-state index in [0.29, 0.717) is 5.95 Å². The number of halogens is 1. The van der Waals surface area contributed by atoms with Crippen LogP contribution in [0.25, 0.3) is 0 Å². The molecule has 1 fully saturated rings. The zero-order valence-corrected chi connectivity index (χ0v) is 15.1. The normalized spacial score (nSPS) is 15.5. The molecule has 0 saturated carbocycles. The first-order valence-corrected chi connectivity index (χ1v) is 8.75. The Hall–Kier alpha value is -1.85. The number of hydrogen-bond donors (Lipinski definition) is 1. The Bertz CT molecular complexity index is 666. The number of likely N-dealkylation sites (N-methyl/N-ethyl adjacent to an activating group) is 1. The first-order chi connectivity index (χ1) is 11.6. The summed E-state index contributed by atoms with van der Waals surface area (Å²) >= 11 is 5.92. The third kappa shape index (κ3) is 4.58. The number of nitrogens with zero attached hydrogens (tertiary/aromatic N) is 4. The van der Waals surface area contributed by atoms with Crippen molar-refractivity contribution in [3.05, 3.63) is 46.6 Å². The van der Waals surface area contributed by atoms with Gasteiger partial charge in [-0.05, 0) is 38.1 Å². The van der Waals surface area contributed by atoms with Gasteiger partial charge in [0, 0.05) is 49.5 Å². The molecule has 0 spiro atoms. The molecule has 5 nitrogen and oxygen atoms in total. The highest BCUT2D eigenvalue weighted by Gasteiger charge is 2.16. The van der Waals surface area contributed by atoms with Gasteiger partial charge >= 0.3 is 0 Å². The zero-order chi connectivity index (χ0) is 16.9. The SMILES string of the molecule is Cc1cc(N2CCN(C)CC2)nc(NCCc2ccc(Cl)cc2)n1. The Morgan fingerprint density at radius 2 is 1.79 bits per heavy atom. The fraction of sp³-hybridized carbons (Fsp3) is 0.444. The summed E-state index contributed by atoms with van der Waals surface area (Å²) in [5, 5.41) is 4.11. The van der Waals surface area contributed by atoms with Crippen molar-refractivity contribution in [3.63, 3.8) is 0 Å². The molecule has 1 aliphatic heterocycles. The summed E-state index contributed by atoms with van der Waals surface area (Å²) in [4.78, 5) is 13.9. The van der Waals surface area contributed by atoms with Gasteiger partial charge in [0.1, 0.15) is 5.82 Å². The molecular weight excluding hydrogens is 322 g/mol. The molecule has 1 aromatic carbocycles. The van der Waals surface area contributed by atoms with Gasteiger partial charge in [-0.1, -0.05) is 23.7 Å². The summed E-state index contributed by atoms with van der Waals surface area (Å²) in [5.41, 5.74) is 2.24. The first kappa shape index (κ1) is 17.0. The van der Waals surface area contributed by atoms with Crippen LogP contribution in [-0.2, 0) is 6.42 Å². The number of aromatic nitrogens is 2. The van der Waals surface area contributed by atoms with Crippen molar-refractivity contribution in [1.29, 1.82) is 0 Å². The van der Waals surface area contributed by atoms with Crippen LogP contribution in [0.2, 0.25) is 5.02 Å². The van der Waals surface area contributed by atoms with E-state index in [2.05, 4.69) is 45.3 Å². The maximum atomic E-state index is 5.92. The molecule has 0 unspecified atom stereocenters. The van der Waals surface area contributed by atoms with Crippen LogP contribution in [0.15, 0.2) is 30.3 Å². The predicted octanol–water partition coefficient (Wildman–Crippen LogP) is 2.84. The topological polar surface area (TPSA) is 44.3 Å². The number of hydrogen-bond acceptors (Lipinski definition) is 5. The second-order valence-corrected chi connectivity index (χ2v) is 6.72. The monoisotopic (exact) mass is 345 g/mol. The van der Waals surface area contributed by atoms with E-state index in [-0.39, 0.29) is 0 Å². The van der Waals surface area contributed by atoms with Gasteiger partial charge in [-0.15, -0.1) is 0 Å².